The van der Waals surface area contributed by atoms with Gasteiger partial charge in [0, 0.05) is 25.2 Å². The van der Waals surface area contributed by atoms with Crippen LogP contribution in [0.3, 0.4) is 0 Å². The number of carbonyl (C=O) groups excluding carboxylic acids is 1. The van der Waals surface area contributed by atoms with Crippen molar-refractivity contribution in [3.63, 3.8) is 0 Å². The van der Waals surface area contributed by atoms with E-state index in [1.54, 1.807) is 36.2 Å². The minimum absolute atomic E-state index is 0.312. The molecule has 1 aliphatic carbocycles. The Morgan fingerprint density at radius 2 is 1.67 bits per heavy atom. The molecule has 0 spiro atoms. The van der Waals surface area contributed by atoms with Crippen molar-refractivity contribution >= 4 is 17.7 Å². The fraction of sp³-hybridized carbons (Fsp3) is 0.708. The van der Waals surface area contributed by atoms with Crippen LogP contribution in [0.5, 0.6) is 5.75 Å². The summed E-state index contributed by atoms with van der Waals surface area (Å²) >= 11 is 5.86. The van der Waals surface area contributed by atoms with Crippen LogP contribution >= 0.6 is 11.6 Å². The molecule has 0 heterocycles. The second-order valence-electron chi connectivity index (χ2n) is 8.60. The van der Waals surface area contributed by atoms with Crippen LogP contribution in [0.2, 0.25) is 5.02 Å². The zero-order chi connectivity index (χ0) is 21.6. The molecule has 0 bridgehead atoms. The van der Waals surface area contributed by atoms with Gasteiger partial charge < -0.3 is 20.1 Å². The lowest BCUT2D eigenvalue weighted by molar-refractivity contribution is 0.156. The number of halogens is 1. The number of benzene rings is 1. The highest BCUT2D eigenvalue weighted by Gasteiger charge is 2.22. The summed E-state index contributed by atoms with van der Waals surface area (Å²) in [5.74, 6) is 2.08. The van der Waals surface area contributed by atoms with Gasteiger partial charge in [-0.25, -0.2) is 4.79 Å². The predicted molar refractivity (Wildman–Crippen MR) is 123 cm³/mol. The molecule has 6 heteroatoms. The second-order valence-corrected chi connectivity index (χ2v) is 9.03. The van der Waals surface area contributed by atoms with Crippen molar-refractivity contribution in [3.8, 4) is 5.75 Å². The van der Waals surface area contributed by atoms with Crippen LogP contribution in [-0.4, -0.2) is 49.4 Å². The molecule has 1 saturated carbocycles. The molecule has 0 saturated heterocycles. The quantitative estimate of drug-likeness (QED) is 0.399. The molecule has 0 unspecified atom stereocenters. The van der Waals surface area contributed by atoms with Crippen LogP contribution in [0.25, 0.3) is 0 Å². The maximum atomic E-state index is 12.2. The number of nitrogens with one attached hydrogen (secondary N) is 1. The number of nitrogens with zero attached hydrogens (tertiary/aromatic N) is 1. The fourth-order valence-corrected chi connectivity index (χ4v) is 4.23. The maximum absolute atomic E-state index is 12.2. The summed E-state index contributed by atoms with van der Waals surface area (Å²) < 4.78 is 5.39. The molecule has 0 aliphatic heterocycles. The summed E-state index contributed by atoms with van der Waals surface area (Å²) in [7, 11) is 1.80. The monoisotopic (exact) mass is 438 g/mol. The number of ether oxygens (including phenoxy) is 1. The Balaban J connectivity index is 1.51. The van der Waals surface area contributed by atoms with E-state index in [-0.39, 0.29) is 6.09 Å². The summed E-state index contributed by atoms with van der Waals surface area (Å²) in [6.45, 7) is 3.27. The van der Waals surface area contributed by atoms with Crippen molar-refractivity contribution < 1.29 is 14.6 Å². The summed E-state index contributed by atoms with van der Waals surface area (Å²) in [5, 5.41) is 13.0. The number of rotatable bonds is 13. The molecule has 30 heavy (non-hydrogen) atoms. The first-order valence-electron chi connectivity index (χ1n) is 11.6. The SMILES string of the molecule is CN(CC[C@H]1CC[C@H](CCNCCCCCCO)CC1)C(=O)Oc1ccc(Cl)cc1. The third-order valence-electron chi connectivity index (χ3n) is 6.16. The lowest BCUT2D eigenvalue weighted by Crippen LogP contribution is -2.32. The van der Waals surface area contributed by atoms with Crippen molar-refractivity contribution in [3.05, 3.63) is 29.3 Å². The average Bonchev–Trinajstić information content (AvgIpc) is 2.76. The Bertz CT molecular complexity index is 589. The van der Waals surface area contributed by atoms with Crippen molar-refractivity contribution in [1.29, 1.82) is 0 Å². The lowest BCUT2D eigenvalue weighted by Gasteiger charge is -2.29. The van der Waals surface area contributed by atoms with Gasteiger partial charge in [0.05, 0.1) is 0 Å². The van der Waals surface area contributed by atoms with Crippen LogP contribution < -0.4 is 10.1 Å². The largest absolute Gasteiger partial charge is 0.414 e. The highest BCUT2D eigenvalue weighted by molar-refractivity contribution is 6.30. The smallest absolute Gasteiger partial charge is 0.410 e. The minimum Gasteiger partial charge on any atom is -0.410 e. The molecule has 1 aliphatic rings. The van der Waals surface area contributed by atoms with Crippen LogP contribution in [0, 0.1) is 11.8 Å². The first kappa shape index (κ1) is 25.0. The topological polar surface area (TPSA) is 61.8 Å². The highest BCUT2D eigenvalue weighted by atomic mass is 35.5. The molecular weight excluding hydrogens is 400 g/mol. The van der Waals surface area contributed by atoms with Crippen molar-refractivity contribution in [2.45, 2.75) is 64.2 Å². The predicted octanol–water partition coefficient (Wildman–Crippen LogP) is 5.50. The fourth-order valence-electron chi connectivity index (χ4n) is 4.10. The van der Waals surface area contributed by atoms with E-state index in [9.17, 15) is 4.79 Å². The second kappa shape index (κ2) is 14.7. The molecule has 0 atom stereocenters. The Morgan fingerprint density at radius 1 is 1.03 bits per heavy atom. The van der Waals surface area contributed by atoms with Crippen LogP contribution in [0.15, 0.2) is 24.3 Å². The molecule has 0 radical (unpaired) electrons. The van der Waals surface area contributed by atoms with E-state index in [1.165, 1.54) is 44.9 Å². The van der Waals surface area contributed by atoms with E-state index >= 15 is 0 Å². The number of aliphatic hydroxyl groups is 1. The van der Waals surface area contributed by atoms with Crippen molar-refractivity contribution in [1.82, 2.24) is 10.2 Å². The lowest BCUT2D eigenvalue weighted by atomic mass is 9.79. The van der Waals surface area contributed by atoms with E-state index in [4.69, 9.17) is 21.4 Å². The van der Waals surface area contributed by atoms with Crippen LogP contribution in [0.4, 0.5) is 4.79 Å². The van der Waals surface area contributed by atoms with E-state index in [0.717, 1.165) is 44.8 Å². The van der Waals surface area contributed by atoms with Gasteiger partial charge in [0.2, 0.25) is 0 Å². The Hall–Kier alpha value is -1.30. The number of amides is 1. The van der Waals surface area contributed by atoms with E-state index < -0.39 is 0 Å². The summed E-state index contributed by atoms with van der Waals surface area (Å²) in [5.41, 5.74) is 0. The van der Waals surface area contributed by atoms with Gasteiger partial charge in [-0.2, -0.15) is 0 Å². The van der Waals surface area contributed by atoms with Gasteiger partial charge in [0.25, 0.3) is 0 Å². The van der Waals surface area contributed by atoms with Gasteiger partial charge in [-0.15, -0.1) is 0 Å². The summed E-state index contributed by atoms with van der Waals surface area (Å²) in [6, 6.07) is 6.86. The normalized spacial score (nSPS) is 18.9. The van der Waals surface area contributed by atoms with Crippen molar-refractivity contribution in [2.24, 2.45) is 11.8 Å². The van der Waals surface area contributed by atoms with Crippen molar-refractivity contribution in [2.75, 3.05) is 33.3 Å². The maximum Gasteiger partial charge on any atom is 0.414 e. The first-order valence-corrected chi connectivity index (χ1v) is 12.0. The molecule has 170 valence electrons. The van der Waals surface area contributed by atoms with E-state index in [0.29, 0.717) is 23.3 Å². The third-order valence-corrected chi connectivity index (χ3v) is 6.41. The average molecular weight is 439 g/mol. The molecule has 1 amide bonds. The number of hydrogen-bond donors (Lipinski definition) is 2. The minimum atomic E-state index is -0.312. The van der Waals surface area contributed by atoms with Gasteiger partial charge in [0.15, 0.2) is 0 Å². The Kier molecular flexibility index (Phi) is 12.2. The van der Waals surface area contributed by atoms with E-state index in [2.05, 4.69) is 5.32 Å². The zero-order valence-corrected chi connectivity index (χ0v) is 19.2. The number of hydrogen-bond acceptors (Lipinski definition) is 4. The first-order chi connectivity index (χ1) is 14.6. The number of unbranched alkanes of at least 4 members (excludes halogenated alkanes) is 3. The molecular formula is C24H39ClN2O3. The summed E-state index contributed by atoms with van der Waals surface area (Å²) in [4.78, 5) is 13.9. The highest BCUT2D eigenvalue weighted by Crippen LogP contribution is 2.32. The molecule has 2 N–H and O–H groups in total. The van der Waals surface area contributed by atoms with Gasteiger partial charge >= 0.3 is 6.09 Å². The molecule has 2 rings (SSSR count). The molecule has 1 aromatic carbocycles. The number of carbonyl (C=O) groups is 1. The van der Waals surface area contributed by atoms with Crippen LogP contribution in [-0.2, 0) is 0 Å². The third kappa shape index (κ3) is 10.1. The van der Waals surface area contributed by atoms with Gasteiger partial charge in [-0.3, -0.25) is 0 Å². The molecule has 1 fully saturated rings. The number of aliphatic hydroxyl groups excluding tert-OH is 1. The molecule has 1 aromatic rings. The zero-order valence-electron chi connectivity index (χ0n) is 18.5. The van der Waals surface area contributed by atoms with Gasteiger partial charge in [-0.05, 0) is 74.9 Å². The molecule has 0 aromatic heterocycles. The van der Waals surface area contributed by atoms with Crippen LogP contribution in [0.1, 0.15) is 64.2 Å². The Labute approximate surface area is 187 Å². The van der Waals surface area contributed by atoms with E-state index in [1.807, 2.05) is 0 Å². The molecule has 5 nitrogen and oxygen atoms in total. The van der Waals surface area contributed by atoms with Gasteiger partial charge in [0.1, 0.15) is 5.75 Å². The standard InChI is InChI=1S/C24H39ClN2O3/c1-27(24(29)30-23-12-10-22(25)11-13-23)18-15-21-8-6-20(7-9-21)14-17-26-16-4-2-3-5-19-28/h10-13,20-21,26,28H,2-9,14-19H2,1H3/t20-,21-. The van der Waals surface area contributed by atoms with Gasteiger partial charge in [-0.1, -0.05) is 50.1 Å². The summed E-state index contributed by atoms with van der Waals surface area (Å²) in [6.07, 6.45) is 11.6. The Morgan fingerprint density at radius 3 is 2.33 bits per heavy atom.